The third-order valence-electron chi connectivity index (χ3n) is 3.51. The number of carbonyl (C=O) groups is 1. The lowest BCUT2D eigenvalue weighted by Crippen LogP contribution is -2.41. The third-order valence-corrected chi connectivity index (χ3v) is 5.77. The van der Waals surface area contributed by atoms with Crippen LogP contribution in [0.5, 0.6) is 5.75 Å². The predicted octanol–water partition coefficient (Wildman–Crippen LogP) is 2.91. The van der Waals surface area contributed by atoms with Gasteiger partial charge in [-0.1, -0.05) is 0 Å². The molecule has 2 rings (SSSR count). The van der Waals surface area contributed by atoms with Gasteiger partial charge in [0.1, 0.15) is 5.75 Å². The molecule has 0 heterocycles. The minimum atomic E-state index is -3.82. The number of ether oxygens (including phenoxy) is 1. The molecule has 0 aliphatic heterocycles. The van der Waals surface area contributed by atoms with Gasteiger partial charge in [0.15, 0.2) is 0 Å². The number of hydrogen-bond acceptors (Lipinski definition) is 4. The third kappa shape index (κ3) is 5.16. The van der Waals surface area contributed by atoms with Gasteiger partial charge in [-0.25, -0.2) is 8.42 Å². The van der Waals surface area contributed by atoms with E-state index in [2.05, 4.69) is 32.6 Å². The van der Waals surface area contributed by atoms with Gasteiger partial charge in [0.05, 0.1) is 18.0 Å². The van der Waals surface area contributed by atoms with Crippen molar-refractivity contribution < 1.29 is 17.9 Å². The highest BCUT2D eigenvalue weighted by atomic mass is 127. The summed E-state index contributed by atoms with van der Waals surface area (Å²) in [7, 11) is -2.30. The zero-order chi connectivity index (χ0) is 18.6. The molecule has 0 bridgehead atoms. The molecule has 0 aliphatic carbocycles. The van der Waals surface area contributed by atoms with Gasteiger partial charge in [0.2, 0.25) is 15.9 Å². The Kier molecular flexibility index (Phi) is 6.42. The maximum Gasteiger partial charge on any atom is 0.242 e. The first kappa shape index (κ1) is 19.7. The Bertz CT molecular complexity index is 867. The topological polar surface area (TPSA) is 84.5 Å². The Morgan fingerprint density at radius 3 is 2.36 bits per heavy atom. The van der Waals surface area contributed by atoms with Crippen molar-refractivity contribution >= 4 is 44.2 Å². The van der Waals surface area contributed by atoms with Crippen molar-refractivity contribution in [1.29, 1.82) is 0 Å². The van der Waals surface area contributed by atoms with Crippen LogP contribution in [0.15, 0.2) is 47.4 Å². The second kappa shape index (κ2) is 8.15. The molecule has 2 aromatic carbocycles. The van der Waals surface area contributed by atoms with E-state index >= 15 is 0 Å². The zero-order valence-corrected chi connectivity index (χ0v) is 17.0. The quantitative estimate of drug-likeness (QED) is 0.631. The van der Waals surface area contributed by atoms with Gasteiger partial charge in [-0.2, -0.15) is 4.72 Å². The molecule has 0 fully saturated rings. The lowest BCUT2D eigenvalue weighted by Gasteiger charge is -2.15. The van der Waals surface area contributed by atoms with Gasteiger partial charge in [-0.05, 0) is 84.5 Å². The Balaban J connectivity index is 2.09. The number of benzene rings is 2. The molecule has 0 saturated heterocycles. The molecule has 134 valence electrons. The number of amides is 1. The molecule has 0 aliphatic rings. The Morgan fingerprint density at radius 2 is 1.80 bits per heavy atom. The van der Waals surface area contributed by atoms with Crippen LogP contribution in [0.4, 0.5) is 5.69 Å². The van der Waals surface area contributed by atoms with Crippen LogP contribution in [-0.4, -0.2) is 27.5 Å². The summed E-state index contributed by atoms with van der Waals surface area (Å²) in [5, 5.41) is 2.68. The van der Waals surface area contributed by atoms with Crippen LogP contribution < -0.4 is 14.8 Å². The maximum absolute atomic E-state index is 12.5. The highest BCUT2D eigenvalue weighted by Gasteiger charge is 2.22. The van der Waals surface area contributed by atoms with Crippen molar-refractivity contribution in [3.63, 3.8) is 0 Å². The second-order valence-corrected chi connectivity index (χ2v) is 8.43. The standard InChI is InChI=1S/C17H19IN2O4S/c1-11-10-15(8-9-16(11)24-3)25(22,23)20-12(2)17(21)19-14-6-4-13(18)5-7-14/h4-10,12,20H,1-3H3,(H,19,21)/t12-/m0/s1. The van der Waals surface area contributed by atoms with Crippen molar-refractivity contribution in [1.82, 2.24) is 4.72 Å². The number of rotatable bonds is 6. The largest absolute Gasteiger partial charge is 0.496 e. The number of anilines is 1. The number of sulfonamides is 1. The summed E-state index contributed by atoms with van der Waals surface area (Å²) >= 11 is 2.16. The summed E-state index contributed by atoms with van der Waals surface area (Å²) in [4.78, 5) is 12.3. The van der Waals surface area contributed by atoms with Crippen LogP contribution in [-0.2, 0) is 14.8 Å². The lowest BCUT2D eigenvalue weighted by molar-refractivity contribution is -0.117. The Hall–Kier alpha value is -1.65. The molecule has 0 spiro atoms. The smallest absolute Gasteiger partial charge is 0.242 e. The molecule has 25 heavy (non-hydrogen) atoms. The first-order chi connectivity index (χ1) is 11.7. The van der Waals surface area contributed by atoms with E-state index in [-0.39, 0.29) is 4.90 Å². The molecule has 8 heteroatoms. The summed E-state index contributed by atoms with van der Waals surface area (Å²) < 4.78 is 33.5. The van der Waals surface area contributed by atoms with Crippen molar-refractivity contribution in [3.8, 4) is 5.75 Å². The van der Waals surface area contributed by atoms with Crippen LogP contribution in [0.2, 0.25) is 0 Å². The fraction of sp³-hybridized carbons (Fsp3) is 0.235. The van der Waals surface area contributed by atoms with Crippen LogP contribution in [0.25, 0.3) is 0 Å². The lowest BCUT2D eigenvalue weighted by atomic mass is 10.2. The van der Waals surface area contributed by atoms with Crippen molar-refractivity contribution in [2.45, 2.75) is 24.8 Å². The van der Waals surface area contributed by atoms with Gasteiger partial charge < -0.3 is 10.1 Å². The Morgan fingerprint density at radius 1 is 1.16 bits per heavy atom. The monoisotopic (exact) mass is 474 g/mol. The van der Waals surface area contributed by atoms with E-state index in [1.54, 1.807) is 25.1 Å². The van der Waals surface area contributed by atoms with Gasteiger partial charge in [0, 0.05) is 9.26 Å². The SMILES string of the molecule is COc1ccc(S(=O)(=O)N[C@@H](C)C(=O)Nc2ccc(I)cc2)cc1C. The van der Waals surface area contributed by atoms with E-state index in [9.17, 15) is 13.2 Å². The fourth-order valence-corrected chi connectivity index (χ4v) is 3.80. The molecule has 2 aromatic rings. The summed E-state index contributed by atoms with van der Waals surface area (Å²) in [5.74, 6) is 0.165. The van der Waals surface area contributed by atoms with Crippen LogP contribution >= 0.6 is 22.6 Å². The maximum atomic E-state index is 12.5. The van der Waals surface area contributed by atoms with Gasteiger partial charge in [-0.3, -0.25) is 4.79 Å². The molecular weight excluding hydrogens is 455 g/mol. The average Bonchev–Trinajstić information content (AvgIpc) is 2.56. The molecule has 1 amide bonds. The molecule has 6 nitrogen and oxygen atoms in total. The molecular formula is C17H19IN2O4S. The van der Waals surface area contributed by atoms with E-state index in [0.29, 0.717) is 17.0 Å². The summed E-state index contributed by atoms with van der Waals surface area (Å²) in [6.45, 7) is 3.25. The molecule has 1 atom stereocenters. The Labute approximate surface area is 161 Å². The number of nitrogens with one attached hydrogen (secondary N) is 2. The van der Waals surface area contributed by atoms with Gasteiger partial charge in [-0.15, -0.1) is 0 Å². The fourth-order valence-electron chi connectivity index (χ4n) is 2.16. The van der Waals surface area contributed by atoms with E-state index < -0.39 is 22.0 Å². The molecule has 0 saturated carbocycles. The van der Waals surface area contributed by atoms with Crippen LogP contribution in [0, 0.1) is 10.5 Å². The second-order valence-electron chi connectivity index (χ2n) is 5.47. The molecule has 2 N–H and O–H groups in total. The zero-order valence-electron chi connectivity index (χ0n) is 14.0. The number of aryl methyl sites for hydroxylation is 1. The van der Waals surface area contributed by atoms with E-state index in [0.717, 1.165) is 3.57 Å². The van der Waals surface area contributed by atoms with E-state index in [4.69, 9.17) is 4.74 Å². The average molecular weight is 474 g/mol. The minimum absolute atomic E-state index is 0.0831. The predicted molar refractivity (Wildman–Crippen MR) is 105 cm³/mol. The van der Waals surface area contributed by atoms with Crippen LogP contribution in [0.1, 0.15) is 12.5 Å². The first-order valence-electron chi connectivity index (χ1n) is 7.46. The molecule has 0 radical (unpaired) electrons. The highest BCUT2D eigenvalue weighted by Crippen LogP contribution is 2.21. The molecule has 0 aromatic heterocycles. The summed E-state index contributed by atoms with van der Waals surface area (Å²) in [6.07, 6.45) is 0. The van der Waals surface area contributed by atoms with Crippen molar-refractivity contribution in [2.75, 3.05) is 12.4 Å². The van der Waals surface area contributed by atoms with Crippen LogP contribution in [0.3, 0.4) is 0 Å². The number of carbonyl (C=O) groups excluding carboxylic acids is 1. The number of methoxy groups -OCH3 is 1. The number of hydrogen-bond donors (Lipinski definition) is 2. The highest BCUT2D eigenvalue weighted by molar-refractivity contribution is 14.1. The normalized spacial score (nSPS) is 12.5. The minimum Gasteiger partial charge on any atom is -0.496 e. The van der Waals surface area contributed by atoms with E-state index in [1.807, 2.05) is 12.1 Å². The summed E-state index contributed by atoms with van der Waals surface area (Å²) in [5.41, 5.74) is 1.30. The van der Waals surface area contributed by atoms with E-state index in [1.165, 1.54) is 26.2 Å². The van der Waals surface area contributed by atoms with Crippen molar-refractivity contribution in [3.05, 3.63) is 51.6 Å². The summed E-state index contributed by atoms with van der Waals surface area (Å²) in [6, 6.07) is 10.8. The van der Waals surface area contributed by atoms with Gasteiger partial charge in [0.25, 0.3) is 0 Å². The van der Waals surface area contributed by atoms with Crippen molar-refractivity contribution in [2.24, 2.45) is 0 Å². The van der Waals surface area contributed by atoms with Gasteiger partial charge >= 0.3 is 0 Å². The molecule has 0 unspecified atom stereocenters. The number of halogens is 1. The first-order valence-corrected chi connectivity index (χ1v) is 10.0.